The largest absolute Gasteiger partial charge is 0.339 e. The first kappa shape index (κ1) is 18.5. The van der Waals surface area contributed by atoms with Gasteiger partial charge in [0.25, 0.3) is 0 Å². The molecule has 2 aliphatic rings. The van der Waals surface area contributed by atoms with Crippen molar-refractivity contribution >= 4 is 23.2 Å². The Morgan fingerprint density at radius 3 is 2.83 bits per heavy atom. The highest BCUT2D eigenvalue weighted by Gasteiger charge is 2.35. The van der Waals surface area contributed by atoms with Crippen LogP contribution in [0.3, 0.4) is 0 Å². The number of carbonyl (C=O) groups is 2. The fraction of sp³-hybridized carbons (Fsp3) is 0.304. The molecule has 1 unspecified atom stereocenters. The Labute approximate surface area is 174 Å². The number of amides is 2. The van der Waals surface area contributed by atoms with E-state index in [0.717, 1.165) is 24.9 Å². The zero-order chi connectivity index (χ0) is 20.7. The summed E-state index contributed by atoms with van der Waals surface area (Å²) >= 11 is 0. The molecule has 1 aliphatic heterocycles. The van der Waals surface area contributed by atoms with Gasteiger partial charge in [0.2, 0.25) is 23.5 Å². The van der Waals surface area contributed by atoms with Gasteiger partial charge in [-0.25, -0.2) is 0 Å². The first-order valence-electron chi connectivity index (χ1n) is 10.2. The van der Waals surface area contributed by atoms with Crippen LogP contribution in [-0.4, -0.2) is 28.5 Å². The number of para-hydroxylation sites is 1. The van der Waals surface area contributed by atoms with Crippen molar-refractivity contribution in [3.05, 3.63) is 59.5 Å². The predicted molar refractivity (Wildman–Crippen MR) is 112 cm³/mol. The van der Waals surface area contributed by atoms with Crippen molar-refractivity contribution in [1.82, 2.24) is 10.1 Å². The molecule has 7 heteroatoms. The summed E-state index contributed by atoms with van der Waals surface area (Å²) in [5.74, 6) is 0.267. The molecule has 2 amide bonds. The van der Waals surface area contributed by atoms with Crippen LogP contribution in [0, 0.1) is 12.8 Å². The maximum absolute atomic E-state index is 13.0. The normalized spacial score (nSPS) is 18.0. The maximum atomic E-state index is 13.0. The van der Waals surface area contributed by atoms with E-state index in [2.05, 4.69) is 27.6 Å². The standard InChI is InChI=1S/C23H22N4O3/c1-14-24-22(26-30-14)19-7-2-3-8-20(19)25-23(29)17-12-21(28)27(13-17)18-10-9-15-5-4-6-16(15)11-18/h2-3,7-11,17H,4-6,12-13H2,1H3,(H,25,29). The summed E-state index contributed by atoms with van der Waals surface area (Å²) in [4.78, 5) is 31.6. The molecular weight excluding hydrogens is 380 g/mol. The van der Waals surface area contributed by atoms with E-state index in [0.29, 0.717) is 29.5 Å². The molecule has 3 aromatic rings. The Morgan fingerprint density at radius 2 is 2.00 bits per heavy atom. The van der Waals surface area contributed by atoms with E-state index < -0.39 is 5.92 Å². The van der Waals surface area contributed by atoms with Gasteiger partial charge >= 0.3 is 0 Å². The Kier molecular flexibility index (Phi) is 4.58. The van der Waals surface area contributed by atoms with Gasteiger partial charge in [-0.15, -0.1) is 0 Å². The van der Waals surface area contributed by atoms with Crippen LogP contribution < -0.4 is 10.2 Å². The summed E-state index contributed by atoms with van der Waals surface area (Å²) in [5, 5.41) is 6.90. The quantitative estimate of drug-likeness (QED) is 0.721. The fourth-order valence-corrected chi connectivity index (χ4v) is 4.29. The van der Waals surface area contributed by atoms with Crippen LogP contribution in [0.4, 0.5) is 11.4 Å². The number of aryl methyl sites for hydroxylation is 3. The summed E-state index contributed by atoms with van der Waals surface area (Å²) in [6.45, 7) is 2.10. The summed E-state index contributed by atoms with van der Waals surface area (Å²) in [7, 11) is 0. The van der Waals surface area contributed by atoms with Crippen molar-refractivity contribution in [1.29, 1.82) is 0 Å². The second kappa shape index (κ2) is 7.40. The molecule has 1 saturated heterocycles. The minimum atomic E-state index is -0.411. The molecule has 1 fully saturated rings. The number of fused-ring (bicyclic) bond motifs is 1. The van der Waals surface area contributed by atoms with Crippen LogP contribution in [-0.2, 0) is 22.4 Å². The molecule has 1 N–H and O–H groups in total. The Morgan fingerprint density at radius 1 is 1.17 bits per heavy atom. The zero-order valence-corrected chi connectivity index (χ0v) is 16.7. The van der Waals surface area contributed by atoms with E-state index in [1.807, 2.05) is 24.3 Å². The maximum Gasteiger partial charge on any atom is 0.229 e. The number of carbonyl (C=O) groups excluding carboxylic acids is 2. The van der Waals surface area contributed by atoms with Gasteiger partial charge in [-0.2, -0.15) is 4.98 Å². The Bertz CT molecular complexity index is 1140. The van der Waals surface area contributed by atoms with Gasteiger partial charge in [-0.05, 0) is 54.7 Å². The number of hydrogen-bond acceptors (Lipinski definition) is 5. The molecule has 152 valence electrons. The van der Waals surface area contributed by atoms with Crippen LogP contribution >= 0.6 is 0 Å². The summed E-state index contributed by atoms with van der Waals surface area (Å²) in [6, 6.07) is 13.5. The molecule has 1 atom stereocenters. The number of anilines is 2. The Balaban J connectivity index is 1.33. The first-order valence-corrected chi connectivity index (χ1v) is 10.2. The molecule has 0 radical (unpaired) electrons. The monoisotopic (exact) mass is 402 g/mol. The lowest BCUT2D eigenvalue weighted by atomic mass is 10.1. The van der Waals surface area contributed by atoms with Crippen molar-refractivity contribution in [2.45, 2.75) is 32.6 Å². The zero-order valence-electron chi connectivity index (χ0n) is 16.7. The van der Waals surface area contributed by atoms with Crippen molar-refractivity contribution in [3.63, 3.8) is 0 Å². The highest BCUT2D eigenvalue weighted by molar-refractivity contribution is 6.04. The van der Waals surface area contributed by atoms with Crippen molar-refractivity contribution in [3.8, 4) is 11.4 Å². The molecule has 0 bridgehead atoms. The fourth-order valence-electron chi connectivity index (χ4n) is 4.29. The Hall–Kier alpha value is -3.48. The molecule has 7 nitrogen and oxygen atoms in total. The summed E-state index contributed by atoms with van der Waals surface area (Å²) in [6.07, 6.45) is 3.53. The highest BCUT2D eigenvalue weighted by Crippen LogP contribution is 2.32. The molecule has 2 heterocycles. The lowest BCUT2D eigenvalue weighted by Gasteiger charge is -2.18. The van der Waals surface area contributed by atoms with Gasteiger partial charge in [0.1, 0.15) is 0 Å². The topological polar surface area (TPSA) is 88.3 Å². The van der Waals surface area contributed by atoms with Crippen molar-refractivity contribution in [2.75, 3.05) is 16.8 Å². The number of hydrogen-bond donors (Lipinski definition) is 1. The van der Waals surface area contributed by atoms with Crippen LogP contribution in [0.5, 0.6) is 0 Å². The number of rotatable bonds is 4. The average Bonchev–Trinajstić information content (AvgIpc) is 3.47. The van der Waals surface area contributed by atoms with Crippen LogP contribution in [0.2, 0.25) is 0 Å². The van der Waals surface area contributed by atoms with Crippen molar-refractivity contribution < 1.29 is 14.1 Å². The molecule has 1 aliphatic carbocycles. The molecule has 0 spiro atoms. The second-order valence-electron chi connectivity index (χ2n) is 7.88. The van der Waals surface area contributed by atoms with Gasteiger partial charge in [0.05, 0.1) is 11.6 Å². The highest BCUT2D eigenvalue weighted by atomic mass is 16.5. The van der Waals surface area contributed by atoms with Crippen LogP contribution in [0.1, 0.15) is 29.9 Å². The van der Waals surface area contributed by atoms with Crippen LogP contribution in [0.25, 0.3) is 11.4 Å². The number of nitrogens with zero attached hydrogens (tertiary/aromatic N) is 3. The summed E-state index contributed by atoms with van der Waals surface area (Å²) < 4.78 is 5.06. The van der Waals surface area contributed by atoms with Crippen LogP contribution in [0.15, 0.2) is 47.0 Å². The van der Waals surface area contributed by atoms with Gasteiger partial charge in [-0.1, -0.05) is 23.4 Å². The number of nitrogens with one attached hydrogen (secondary N) is 1. The third-order valence-electron chi connectivity index (χ3n) is 5.84. The third-order valence-corrected chi connectivity index (χ3v) is 5.84. The molecular formula is C23H22N4O3. The van der Waals surface area contributed by atoms with E-state index in [-0.39, 0.29) is 18.2 Å². The molecule has 1 aromatic heterocycles. The molecule has 2 aromatic carbocycles. The lowest BCUT2D eigenvalue weighted by molar-refractivity contribution is -0.122. The molecule has 0 saturated carbocycles. The van der Waals surface area contributed by atoms with Crippen molar-refractivity contribution in [2.24, 2.45) is 5.92 Å². The minimum absolute atomic E-state index is 0.0184. The average molecular weight is 402 g/mol. The van der Waals surface area contributed by atoms with E-state index >= 15 is 0 Å². The summed E-state index contributed by atoms with van der Waals surface area (Å²) in [5.41, 5.74) is 4.86. The SMILES string of the molecule is Cc1nc(-c2ccccc2NC(=O)C2CC(=O)N(c3ccc4c(c3)CCC4)C2)no1. The van der Waals surface area contributed by atoms with E-state index in [1.54, 1.807) is 17.9 Å². The van der Waals surface area contributed by atoms with E-state index in [1.165, 1.54) is 11.1 Å². The number of benzene rings is 2. The third kappa shape index (κ3) is 3.36. The van der Waals surface area contributed by atoms with E-state index in [9.17, 15) is 9.59 Å². The predicted octanol–water partition coefficient (Wildman–Crippen LogP) is 3.53. The van der Waals surface area contributed by atoms with E-state index in [4.69, 9.17) is 4.52 Å². The van der Waals surface area contributed by atoms with Gasteiger partial charge in [-0.3, -0.25) is 9.59 Å². The first-order chi connectivity index (χ1) is 14.6. The molecule has 5 rings (SSSR count). The second-order valence-corrected chi connectivity index (χ2v) is 7.88. The molecule has 30 heavy (non-hydrogen) atoms. The lowest BCUT2D eigenvalue weighted by Crippen LogP contribution is -2.28. The number of aromatic nitrogens is 2. The smallest absolute Gasteiger partial charge is 0.229 e. The van der Waals surface area contributed by atoms with Gasteiger partial charge in [0.15, 0.2) is 0 Å². The van der Waals surface area contributed by atoms with Gasteiger partial charge < -0.3 is 14.7 Å². The minimum Gasteiger partial charge on any atom is -0.339 e. The van der Waals surface area contributed by atoms with Gasteiger partial charge in [0, 0.05) is 31.1 Å².